The highest BCUT2D eigenvalue weighted by atomic mass is 35.5. The van der Waals surface area contributed by atoms with E-state index in [2.05, 4.69) is 32.6 Å². The number of halogens is 1. The van der Waals surface area contributed by atoms with Crippen LogP contribution in [0.5, 0.6) is 0 Å². The summed E-state index contributed by atoms with van der Waals surface area (Å²) >= 11 is 6.65. The van der Waals surface area contributed by atoms with Gasteiger partial charge < -0.3 is 5.32 Å². The van der Waals surface area contributed by atoms with E-state index < -0.39 is 0 Å². The number of nitrogens with zero attached hydrogens (tertiary/aromatic N) is 2. The molecule has 2 N–H and O–H groups in total. The molecule has 1 saturated heterocycles. The van der Waals surface area contributed by atoms with Crippen LogP contribution >= 0.6 is 11.6 Å². The molecular weight excluding hydrogens is 332 g/mol. The lowest BCUT2D eigenvalue weighted by atomic mass is 9.93. The van der Waals surface area contributed by atoms with E-state index in [0.717, 1.165) is 57.8 Å². The van der Waals surface area contributed by atoms with Crippen molar-refractivity contribution in [3.63, 3.8) is 0 Å². The van der Waals surface area contributed by atoms with Crippen molar-refractivity contribution in [2.75, 3.05) is 13.1 Å². The second-order valence-electron chi connectivity index (χ2n) is 7.52. The maximum absolute atomic E-state index is 6.65. The minimum atomic E-state index is 0.566. The number of pyridine rings is 1. The van der Waals surface area contributed by atoms with Gasteiger partial charge in [-0.15, -0.1) is 0 Å². The summed E-state index contributed by atoms with van der Waals surface area (Å²) < 4.78 is 0. The summed E-state index contributed by atoms with van der Waals surface area (Å²) in [6.07, 6.45) is 4.32. The highest BCUT2D eigenvalue weighted by Gasteiger charge is 2.38. The highest BCUT2D eigenvalue weighted by Crippen LogP contribution is 2.46. The summed E-state index contributed by atoms with van der Waals surface area (Å²) in [7, 11) is 0. The molecule has 0 bridgehead atoms. The average Bonchev–Trinajstić information content (AvgIpc) is 3.27. The van der Waals surface area contributed by atoms with E-state index in [-0.39, 0.29) is 0 Å². The number of H-pyrrole nitrogens is 1. The van der Waals surface area contributed by atoms with Crippen LogP contribution in [-0.2, 0) is 0 Å². The Morgan fingerprint density at radius 3 is 2.68 bits per heavy atom. The van der Waals surface area contributed by atoms with Crippen LogP contribution in [0.15, 0.2) is 30.5 Å². The first-order valence-electron chi connectivity index (χ1n) is 9.00. The number of rotatable bonds is 2. The topological polar surface area (TPSA) is 53.6 Å². The van der Waals surface area contributed by atoms with Gasteiger partial charge in [0.05, 0.1) is 5.52 Å². The fourth-order valence-corrected chi connectivity index (χ4v) is 5.02. The molecule has 2 aliphatic rings. The first-order valence-corrected chi connectivity index (χ1v) is 9.38. The third-order valence-electron chi connectivity index (χ3n) is 5.94. The Kier molecular flexibility index (Phi) is 3.57. The maximum Gasteiger partial charge on any atom is 0.100 e. The van der Waals surface area contributed by atoms with Crippen LogP contribution in [-0.4, -0.2) is 28.3 Å². The molecule has 128 valence electrons. The Bertz CT molecular complexity index is 936. The Labute approximate surface area is 152 Å². The summed E-state index contributed by atoms with van der Waals surface area (Å²) in [5, 5.41) is 13.2. The molecule has 5 heteroatoms. The summed E-state index contributed by atoms with van der Waals surface area (Å²) in [6.45, 7) is 4.33. The van der Waals surface area contributed by atoms with Gasteiger partial charge in [-0.05, 0) is 80.4 Å². The smallest absolute Gasteiger partial charge is 0.100 e. The standard InChI is InChI=1S/C20H21ClN4/c1-11-4-12(2-3-23-11)20-17-7-16(18(21)8-19(17)24-25-20)13-5-14-9-22-10-15(14)6-13/h2-4,7-8,13-15,22H,5-6,9-10H2,1H3,(H,24,25)/t13?,14-,15+. The minimum Gasteiger partial charge on any atom is -0.316 e. The van der Waals surface area contributed by atoms with Crippen molar-refractivity contribution in [2.24, 2.45) is 11.8 Å². The third kappa shape index (κ3) is 2.55. The van der Waals surface area contributed by atoms with Crippen molar-refractivity contribution in [1.29, 1.82) is 0 Å². The lowest BCUT2D eigenvalue weighted by Gasteiger charge is -2.14. The Hall–Kier alpha value is -1.91. The van der Waals surface area contributed by atoms with E-state index in [1.54, 1.807) is 0 Å². The van der Waals surface area contributed by atoms with Crippen LogP contribution in [0.3, 0.4) is 0 Å². The van der Waals surface area contributed by atoms with Crippen LogP contribution in [0.4, 0.5) is 0 Å². The summed E-state index contributed by atoms with van der Waals surface area (Å²) in [6, 6.07) is 8.41. The number of fused-ring (bicyclic) bond motifs is 2. The molecule has 3 heterocycles. The normalized spacial score (nSPS) is 25.6. The number of aromatic nitrogens is 3. The number of nitrogens with one attached hydrogen (secondary N) is 2. The number of hydrogen-bond acceptors (Lipinski definition) is 3. The number of hydrogen-bond donors (Lipinski definition) is 2. The van der Waals surface area contributed by atoms with Crippen molar-refractivity contribution >= 4 is 22.5 Å². The van der Waals surface area contributed by atoms with Crippen LogP contribution in [0, 0.1) is 18.8 Å². The second-order valence-corrected chi connectivity index (χ2v) is 7.93. The fraction of sp³-hybridized carbons (Fsp3) is 0.400. The van der Waals surface area contributed by atoms with Gasteiger partial charge in [0.25, 0.3) is 0 Å². The molecule has 3 atom stereocenters. The molecule has 2 fully saturated rings. The summed E-state index contributed by atoms with van der Waals surface area (Å²) in [5.74, 6) is 2.18. The van der Waals surface area contributed by atoms with Crippen molar-refractivity contribution < 1.29 is 0 Å². The molecule has 1 aliphatic carbocycles. The maximum atomic E-state index is 6.65. The van der Waals surface area contributed by atoms with E-state index in [4.69, 9.17) is 11.6 Å². The fourth-order valence-electron chi connectivity index (χ4n) is 4.70. The molecule has 0 radical (unpaired) electrons. The minimum absolute atomic E-state index is 0.566. The zero-order valence-corrected chi connectivity index (χ0v) is 15.0. The molecule has 5 rings (SSSR count). The number of aryl methyl sites for hydroxylation is 1. The first-order chi connectivity index (χ1) is 12.2. The van der Waals surface area contributed by atoms with Gasteiger partial charge >= 0.3 is 0 Å². The van der Waals surface area contributed by atoms with Gasteiger partial charge in [0.1, 0.15) is 5.69 Å². The van der Waals surface area contributed by atoms with E-state index in [1.165, 1.54) is 18.4 Å². The van der Waals surface area contributed by atoms with Gasteiger partial charge in [0.15, 0.2) is 0 Å². The largest absolute Gasteiger partial charge is 0.316 e. The third-order valence-corrected chi connectivity index (χ3v) is 6.27. The van der Waals surface area contributed by atoms with Gasteiger partial charge in [0, 0.05) is 27.9 Å². The molecule has 4 nitrogen and oxygen atoms in total. The Morgan fingerprint density at radius 2 is 1.92 bits per heavy atom. The lowest BCUT2D eigenvalue weighted by molar-refractivity contribution is 0.494. The lowest BCUT2D eigenvalue weighted by Crippen LogP contribution is -2.11. The first kappa shape index (κ1) is 15.4. The van der Waals surface area contributed by atoms with Crippen molar-refractivity contribution in [1.82, 2.24) is 20.5 Å². The molecule has 1 saturated carbocycles. The van der Waals surface area contributed by atoms with Gasteiger partial charge in [-0.1, -0.05) is 11.6 Å². The summed E-state index contributed by atoms with van der Waals surface area (Å²) in [4.78, 5) is 4.29. The Morgan fingerprint density at radius 1 is 1.12 bits per heavy atom. The highest BCUT2D eigenvalue weighted by molar-refractivity contribution is 6.32. The SMILES string of the molecule is Cc1cc(-c2n[nH]c3cc(Cl)c(C4C[C@H]5CNC[C@H]5C4)cc23)ccn1. The zero-order chi connectivity index (χ0) is 17.0. The molecule has 1 aliphatic heterocycles. The van der Waals surface area contributed by atoms with Gasteiger partial charge in [-0.25, -0.2) is 0 Å². The van der Waals surface area contributed by atoms with Crippen LogP contribution < -0.4 is 5.32 Å². The molecule has 3 aromatic rings. The average molecular weight is 353 g/mol. The zero-order valence-electron chi connectivity index (χ0n) is 14.2. The van der Waals surface area contributed by atoms with Crippen molar-refractivity contribution in [2.45, 2.75) is 25.7 Å². The predicted octanol–water partition coefficient (Wildman–Crippen LogP) is 4.30. The van der Waals surface area contributed by atoms with E-state index in [9.17, 15) is 0 Å². The molecule has 1 unspecified atom stereocenters. The number of aromatic amines is 1. The number of benzene rings is 1. The van der Waals surface area contributed by atoms with Crippen molar-refractivity contribution in [3.8, 4) is 11.3 Å². The predicted molar refractivity (Wildman–Crippen MR) is 101 cm³/mol. The van der Waals surface area contributed by atoms with Gasteiger partial charge in [-0.2, -0.15) is 5.10 Å². The van der Waals surface area contributed by atoms with Crippen LogP contribution in [0.1, 0.15) is 30.0 Å². The summed E-state index contributed by atoms with van der Waals surface area (Å²) in [5.41, 5.74) is 5.37. The van der Waals surface area contributed by atoms with Gasteiger partial charge in [-0.3, -0.25) is 10.1 Å². The quantitative estimate of drug-likeness (QED) is 0.723. The molecule has 25 heavy (non-hydrogen) atoms. The molecule has 2 aromatic heterocycles. The molecule has 1 aromatic carbocycles. The second kappa shape index (κ2) is 5.82. The van der Waals surface area contributed by atoms with E-state index >= 15 is 0 Å². The Balaban J connectivity index is 1.59. The van der Waals surface area contributed by atoms with E-state index in [1.807, 2.05) is 25.3 Å². The van der Waals surface area contributed by atoms with Gasteiger partial charge in [0.2, 0.25) is 0 Å². The molecule has 0 amide bonds. The van der Waals surface area contributed by atoms with E-state index in [0.29, 0.717) is 5.92 Å². The molecule has 0 spiro atoms. The van der Waals surface area contributed by atoms with Crippen LogP contribution in [0.2, 0.25) is 5.02 Å². The van der Waals surface area contributed by atoms with Crippen LogP contribution in [0.25, 0.3) is 22.2 Å². The monoisotopic (exact) mass is 352 g/mol. The van der Waals surface area contributed by atoms with Crippen molar-refractivity contribution in [3.05, 3.63) is 46.7 Å². The molecular formula is C20H21ClN4.